The zero-order valence-electron chi connectivity index (χ0n) is 13.1. The highest BCUT2D eigenvalue weighted by Gasteiger charge is 2.34. The van der Waals surface area contributed by atoms with Crippen LogP contribution in [0.3, 0.4) is 0 Å². The number of hydrogen-bond donors (Lipinski definition) is 1. The predicted molar refractivity (Wildman–Crippen MR) is 84.3 cm³/mol. The molecule has 2 heterocycles. The lowest BCUT2D eigenvalue weighted by Gasteiger charge is -2.31. The van der Waals surface area contributed by atoms with E-state index < -0.39 is 0 Å². The Morgan fingerprint density at radius 2 is 1.81 bits per heavy atom. The molecule has 4 nitrogen and oxygen atoms in total. The molecule has 0 radical (unpaired) electrons. The van der Waals surface area contributed by atoms with Crippen molar-refractivity contribution < 1.29 is 4.79 Å². The Bertz CT molecular complexity index is 503. The lowest BCUT2D eigenvalue weighted by Crippen LogP contribution is -2.45. The van der Waals surface area contributed by atoms with Crippen LogP contribution in [0.5, 0.6) is 0 Å². The van der Waals surface area contributed by atoms with Crippen molar-refractivity contribution in [2.24, 2.45) is 0 Å². The summed E-state index contributed by atoms with van der Waals surface area (Å²) in [5.74, 6) is 0. The third-order valence-electron chi connectivity index (χ3n) is 4.87. The molecular weight excluding hydrogens is 262 g/mol. The van der Waals surface area contributed by atoms with E-state index in [2.05, 4.69) is 42.3 Å². The van der Waals surface area contributed by atoms with Gasteiger partial charge in [0.25, 0.3) is 0 Å². The fourth-order valence-corrected chi connectivity index (χ4v) is 3.49. The molecule has 114 valence electrons. The van der Waals surface area contributed by atoms with Gasteiger partial charge in [-0.15, -0.1) is 0 Å². The maximum atomic E-state index is 12.7. The Hall–Kier alpha value is -1.55. The van der Waals surface area contributed by atoms with Gasteiger partial charge in [-0.05, 0) is 56.5 Å². The third kappa shape index (κ3) is 2.91. The standard InChI is InChI=1S/C17H25N3O/c1-13-4-3-5-14(2)16(13)12-19-10-11-20(17(19)21)15-6-8-18-9-7-15/h3-5,15,18H,6-12H2,1-2H3. The molecule has 0 aromatic heterocycles. The zero-order chi connectivity index (χ0) is 14.8. The van der Waals surface area contributed by atoms with E-state index in [0.29, 0.717) is 6.04 Å². The van der Waals surface area contributed by atoms with Crippen molar-refractivity contribution in [2.75, 3.05) is 26.2 Å². The fourth-order valence-electron chi connectivity index (χ4n) is 3.49. The van der Waals surface area contributed by atoms with Crippen LogP contribution in [0.25, 0.3) is 0 Å². The molecule has 2 fully saturated rings. The Labute approximate surface area is 127 Å². The lowest BCUT2D eigenvalue weighted by atomic mass is 10.0. The van der Waals surface area contributed by atoms with Gasteiger partial charge in [-0.25, -0.2) is 4.79 Å². The van der Waals surface area contributed by atoms with E-state index in [9.17, 15) is 4.79 Å². The first-order chi connectivity index (χ1) is 10.2. The number of piperidine rings is 1. The van der Waals surface area contributed by atoms with Crippen LogP contribution in [-0.4, -0.2) is 48.1 Å². The number of hydrogen-bond acceptors (Lipinski definition) is 2. The van der Waals surface area contributed by atoms with Crippen LogP contribution in [0.4, 0.5) is 4.79 Å². The molecule has 3 rings (SSSR count). The van der Waals surface area contributed by atoms with Crippen LogP contribution >= 0.6 is 0 Å². The van der Waals surface area contributed by atoms with E-state index in [-0.39, 0.29) is 6.03 Å². The maximum absolute atomic E-state index is 12.7. The van der Waals surface area contributed by atoms with Crippen LogP contribution < -0.4 is 5.32 Å². The van der Waals surface area contributed by atoms with Gasteiger partial charge in [-0.3, -0.25) is 0 Å². The molecule has 0 bridgehead atoms. The van der Waals surface area contributed by atoms with E-state index in [1.807, 2.05) is 4.90 Å². The van der Waals surface area contributed by atoms with Gasteiger partial charge >= 0.3 is 6.03 Å². The molecule has 2 aliphatic heterocycles. The minimum atomic E-state index is 0.226. The lowest BCUT2D eigenvalue weighted by molar-refractivity contribution is 0.164. The van der Waals surface area contributed by atoms with Crippen LogP contribution in [-0.2, 0) is 6.54 Å². The normalized spacial score (nSPS) is 20.4. The summed E-state index contributed by atoms with van der Waals surface area (Å²) >= 11 is 0. The summed E-state index contributed by atoms with van der Waals surface area (Å²) < 4.78 is 0. The van der Waals surface area contributed by atoms with Crippen molar-refractivity contribution in [3.05, 3.63) is 34.9 Å². The molecular formula is C17H25N3O. The molecule has 0 atom stereocenters. The second kappa shape index (κ2) is 6.06. The van der Waals surface area contributed by atoms with E-state index in [4.69, 9.17) is 0 Å². The topological polar surface area (TPSA) is 35.6 Å². The van der Waals surface area contributed by atoms with Gasteiger partial charge in [0.1, 0.15) is 0 Å². The summed E-state index contributed by atoms with van der Waals surface area (Å²) in [5, 5.41) is 3.37. The number of nitrogens with zero attached hydrogens (tertiary/aromatic N) is 2. The number of carbonyl (C=O) groups is 1. The van der Waals surface area contributed by atoms with Gasteiger partial charge in [0.15, 0.2) is 0 Å². The fraction of sp³-hybridized carbons (Fsp3) is 0.588. The number of benzene rings is 1. The SMILES string of the molecule is Cc1cccc(C)c1CN1CCN(C2CCNCC2)C1=O. The molecule has 2 saturated heterocycles. The summed E-state index contributed by atoms with van der Waals surface area (Å²) in [6.45, 7) is 8.82. The van der Waals surface area contributed by atoms with E-state index >= 15 is 0 Å². The Balaban J connectivity index is 1.69. The molecule has 1 aromatic rings. The largest absolute Gasteiger partial charge is 0.320 e. The number of amides is 2. The van der Waals surface area contributed by atoms with Crippen LogP contribution in [0.15, 0.2) is 18.2 Å². The van der Waals surface area contributed by atoms with Gasteiger partial charge in [0.05, 0.1) is 0 Å². The Morgan fingerprint density at radius 3 is 2.48 bits per heavy atom. The summed E-state index contributed by atoms with van der Waals surface area (Å²) in [5.41, 5.74) is 3.87. The summed E-state index contributed by atoms with van der Waals surface area (Å²) in [6.07, 6.45) is 2.17. The van der Waals surface area contributed by atoms with Crippen LogP contribution in [0, 0.1) is 13.8 Å². The van der Waals surface area contributed by atoms with Crippen LogP contribution in [0.1, 0.15) is 29.5 Å². The van der Waals surface area contributed by atoms with Crippen molar-refractivity contribution in [1.82, 2.24) is 15.1 Å². The summed E-state index contributed by atoms with van der Waals surface area (Å²) in [4.78, 5) is 16.8. The Kier molecular flexibility index (Phi) is 4.15. The second-order valence-corrected chi connectivity index (χ2v) is 6.25. The van der Waals surface area contributed by atoms with E-state index in [1.165, 1.54) is 16.7 Å². The Morgan fingerprint density at radius 1 is 1.14 bits per heavy atom. The molecule has 1 aromatic carbocycles. The first-order valence-electron chi connectivity index (χ1n) is 7.98. The zero-order valence-corrected chi connectivity index (χ0v) is 13.1. The first-order valence-corrected chi connectivity index (χ1v) is 7.98. The summed E-state index contributed by atoms with van der Waals surface area (Å²) in [6, 6.07) is 7.01. The maximum Gasteiger partial charge on any atom is 0.320 e. The minimum absolute atomic E-state index is 0.226. The number of urea groups is 1. The summed E-state index contributed by atoms with van der Waals surface area (Å²) in [7, 11) is 0. The molecule has 0 saturated carbocycles. The monoisotopic (exact) mass is 287 g/mol. The average molecular weight is 287 g/mol. The quantitative estimate of drug-likeness (QED) is 0.926. The molecule has 2 amide bonds. The average Bonchev–Trinajstić information content (AvgIpc) is 2.85. The van der Waals surface area contributed by atoms with Crippen molar-refractivity contribution in [3.8, 4) is 0 Å². The minimum Gasteiger partial charge on any atom is -0.320 e. The number of carbonyl (C=O) groups excluding carboxylic acids is 1. The molecule has 0 spiro atoms. The highest BCUT2D eigenvalue weighted by atomic mass is 16.2. The smallest absolute Gasteiger partial charge is 0.320 e. The highest BCUT2D eigenvalue weighted by molar-refractivity contribution is 5.77. The van der Waals surface area contributed by atoms with Gasteiger partial charge in [0.2, 0.25) is 0 Å². The van der Waals surface area contributed by atoms with Gasteiger partial charge in [0, 0.05) is 25.7 Å². The van der Waals surface area contributed by atoms with Crippen molar-refractivity contribution in [3.63, 3.8) is 0 Å². The number of rotatable bonds is 3. The van der Waals surface area contributed by atoms with Crippen molar-refractivity contribution in [2.45, 2.75) is 39.3 Å². The first kappa shape index (κ1) is 14.4. The van der Waals surface area contributed by atoms with Crippen molar-refractivity contribution in [1.29, 1.82) is 0 Å². The molecule has 4 heteroatoms. The second-order valence-electron chi connectivity index (χ2n) is 6.25. The van der Waals surface area contributed by atoms with Gasteiger partial charge in [-0.1, -0.05) is 18.2 Å². The molecule has 0 unspecified atom stereocenters. The number of aryl methyl sites for hydroxylation is 2. The van der Waals surface area contributed by atoms with Crippen molar-refractivity contribution >= 4 is 6.03 Å². The van der Waals surface area contributed by atoms with Gasteiger partial charge < -0.3 is 15.1 Å². The van der Waals surface area contributed by atoms with E-state index in [0.717, 1.165) is 45.6 Å². The number of nitrogens with one attached hydrogen (secondary N) is 1. The molecule has 0 aliphatic carbocycles. The van der Waals surface area contributed by atoms with Crippen LogP contribution in [0.2, 0.25) is 0 Å². The molecule has 21 heavy (non-hydrogen) atoms. The highest BCUT2D eigenvalue weighted by Crippen LogP contribution is 2.22. The van der Waals surface area contributed by atoms with Gasteiger partial charge in [-0.2, -0.15) is 0 Å². The van der Waals surface area contributed by atoms with E-state index in [1.54, 1.807) is 0 Å². The third-order valence-corrected chi connectivity index (χ3v) is 4.87. The molecule has 1 N–H and O–H groups in total. The molecule has 2 aliphatic rings. The predicted octanol–water partition coefficient (Wildman–Crippen LogP) is 2.29.